The first-order valence-corrected chi connectivity index (χ1v) is 10.1. The van der Waals surface area contributed by atoms with Crippen LogP contribution in [0.15, 0.2) is 72.9 Å². The predicted molar refractivity (Wildman–Crippen MR) is 124 cm³/mol. The maximum absolute atomic E-state index is 3.25. The minimum Gasteiger partial charge on any atom is -0.335 e. The minimum atomic E-state index is 0. The molecule has 2 unspecified atom stereocenters. The van der Waals surface area contributed by atoms with Crippen LogP contribution in [0.25, 0.3) is 0 Å². The summed E-state index contributed by atoms with van der Waals surface area (Å²) in [5, 5.41) is 0. The third kappa shape index (κ3) is 13.1. The van der Waals surface area contributed by atoms with Crippen molar-refractivity contribution in [3.8, 4) is 0 Å². The van der Waals surface area contributed by atoms with Crippen molar-refractivity contribution >= 4 is 0 Å². The van der Waals surface area contributed by atoms with Crippen LogP contribution in [0.1, 0.15) is 52.4 Å². The summed E-state index contributed by atoms with van der Waals surface area (Å²) < 4.78 is 0. The first-order valence-electron chi connectivity index (χ1n) is 10.1. The number of hydrogen-bond acceptors (Lipinski definition) is 0. The summed E-state index contributed by atoms with van der Waals surface area (Å²) in [6, 6.07) is 0. The van der Waals surface area contributed by atoms with Crippen molar-refractivity contribution in [2.45, 2.75) is 52.4 Å². The Morgan fingerprint density at radius 1 is 0.893 bits per heavy atom. The molecule has 0 aromatic heterocycles. The molecule has 4 aliphatic carbocycles. The number of allylic oxidation sites excluding steroid dienone is 10. The molecule has 0 amide bonds. The van der Waals surface area contributed by atoms with E-state index in [1.807, 2.05) is 20.3 Å². The summed E-state index contributed by atoms with van der Waals surface area (Å²) in [5.41, 5.74) is 3.16. The fourth-order valence-corrected chi connectivity index (χ4v) is 3.33. The predicted octanol–water partition coefficient (Wildman–Crippen LogP) is 8.21. The monoisotopic (exact) mass is 453 g/mol. The second kappa shape index (κ2) is 20.5. The fourth-order valence-electron chi connectivity index (χ4n) is 3.33. The van der Waals surface area contributed by atoms with Gasteiger partial charge in [0.05, 0.1) is 0 Å². The zero-order valence-corrected chi connectivity index (χ0v) is 20.5. The first kappa shape index (κ1) is 29.0. The van der Waals surface area contributed by atoms with Crippen LogP contribution >= 0.6 is 0 Å². The number of fused-ring (bicyclic) bond motifs is 2. The molecule has 0 bridgehead atoms. The Hall–Kier alpha value is -1.20. The van der Waals surface area contributed by atoms with Gasteiger partial charge in [0.2, 0.25) is 0 Å². The quantitative estimate of drug-likeness (QED) is 0.323. The zero-order chi connectivity index (χ0) is 20.3. The third-order valence-electron chi connectivity index (χ3n) is 4.42. The van der Waals surface area contributed by atoms with Crippen molar-refractivity contribution in [1.29, 1.82) is 0 Å². The van der Waals surface area contributed by atoms with E-state index in [0.29, 0.717) is 0 Å². The van der Waals surface area contributed by atoms with Gasteiger partial charge in [0, 0.05) is 26.2 Å². The molecule has 0 saturated heterocycles. The summed E-state index contributed by atoms with van der Waals surface area (Å²) in [6.45, 7) is 17.0. The summed E-state index contributed by atoms with van der Waals surface area (Å²) in [6.07, 6.45) is 31.1. The molecule has 0 aliphatic heterocycles. The van der Waals surface area contributed by atoms with Crippen LogP contribution in [-0.4, -0.2) is 0 Å². The van der Waals surface area contributed by atoms with Crippen molar-refractivity contribution in [3.05, 3.63) is 106 Å². The molecule has 2 atom stereocenters. The first-order chi connectivity index (χ1) is 13.2. The molecular formula is C27H39Zr-5. The van der Waals surface area contributed by atoms with Crippen molar-refractivity contribution in [3.63, 3.8) is 0 Å². The Morgan fingerprint density at radius 2 is 1.21 bits per heavy atom. The van der Waals surface area contributed by atoms with Gasteiger partial charge in [-0.15, -0.1) is 37.1 Å². The number of rotatable bonds is 0. The molecule has 0 aromatic carbocycles. The summed E-state index contributed by atoms with van der Waals surface area (Å²) in [4.78, 5) is 0. The molecule has 4 rings (SSSR count). The van der Waals surface area contributed by atoms with Crippen LogP contribution in [0.2, 0.25) is 0 Å². The Labute approximate surface area is 195 Å². The smallest absolute Gasteiger partial charge is 0 e. The normalized spacial score (nSPS) is 21.5. The molecular weight excluding hydrogens is 416 g/mol. The largest absolute Gasteiger partial charge is 0.335 e. The van der Waals surface area contributed by atoms with E-state index < -0.39 is 0 Å². The molecule has 2 fully saturated rings. The summed E-state index contributed by atoms with van der Waals surface area (Å²) >= 11 is 0. The molecule has 2 saturated carbocycles. The van der Waals surface area contributed by atoms with Crippen LogP contribution in [0.5, 0.6) is 0 Å². The summed E-state index contributed by atoms with van der Waals surface area (Å²) in [5.74, 6) is 1.77. The van der Waals surface area contributed by atoms with Crippen molar-refractivity contribution in [2.24, 2.45) is 11.8 Å². The van der Waals surface area contributed by atoms with Gasteiger partial charge in [0.15, 0.2) is 0 Å². The topological polar surface area (TPSA) is 0 Å². The van der Waals surface area contributed by atoms with Gasteiger partial charge in [-0.25, -0.2) is 75.3 Å². The average molecular weight is 455 g/mol. The van der Waals surface area contributed by atoms with E-state index in [4.69, 9.17) is 0 Å². The Morgan fingerprint density at radius 3 is 1.50 bits per heavy atom. The molecule has 28 heavy (non-hydrogen) atoms. The maximum Gasteiger partial charge on any atom is 0 e. The molecule has 0 nitrogen and oxygen atoms in total. The fraction of sp³-hybridized carbons (Fsp3) is 0.370. The molecule has 0 spiro atoms. The van der Waals surface area contributed by atoms with E-state index in [0.717, 1.165) is 11.8 Å². The molecule has 0 heterocycles. The van der Waals surface area contributed by atoms with Crippen molar-refractivity contribution in [1.82, 2.24) is 0 Å². The Bertz CT molecular complexity index is 458. The molecule has 1 heteroatoms. The second-order valence-corrected chi connectivity index (χ2v) is 6.77. The Kier molecular flexibility index (Phi) is 21.3. The second-order valence-electron chi connectivity index (χ2n) is 6.77. The van der Waals surface area contributed by atoms with E-state index in [9.17, 15) is 0 Å². The van der Waals surface area contributed by atoms with E-state index in [2.05, 4.69) is 76.3 Å². The van der Waals surface area contributed by atoms with E-state index >= 15 is 0 Å². The maximum atomic E-state index is 3.25. The van der Waals surface area contributed by atoms with Crippen LogP contribution in [0.4, 0.5) is 0 Å². The van der Waals surface area contributed by atoms with Gasteiger partial charge in [-0.05, 0) is 24.7 Å². The zero-order valence-electron chi connectivity index (χ0n) is 18.1. The Balaban J connectivity index is 0. The van der Waals surface area contributed by atoms with Gasteiger partial charge in [-0.3, -0.25) is 0 Å². The van der Waals surface area contributed by atoms with E-state index in [1.54, 1.807) is 11.1 Å². The van der Waals surface area contributed by atoms with Crippen LogP contribution in [-0.2, 0) is 26.2 Å². The molecule has 0 N–H and O–H groups in total. The van der Waals surface area contributed by atoms with Gasteiger partial charge in [-0.1, -0.05) is 12.8 Å². The number of hydrogen-bond donors (Lipinski definition) is 0. The van der Waals surface area contributed by atoms with Gasteiger partial charge in [-0.2, -0.15) is 13.8 Å². The van der Waals surface area contributed by atoms with Crippen molar-refractivity contribution in [2.75, 3.05) is 0 Å². The van der Waals surface area contributed by atoms with Crippen LogP contribution in [0.3, 0.4) is 0 Å². The van der Waals surface area contributed by atoms with Crippen LogP contribution in [0, 0.1) is 44.9 Å². The summed E-state index contributed by atoms with van der Waals surface area (Å²) in [7, 11) is 0. The standard InChI is InChI=1S/2C9H11.C3H7.2C3H5.Zr/c2*1-2-5-9-7-3-6-8(9)4-1;3*1-3-2;/h2*1-2,4,6,9H,3,5,7H2;3H,1-2H3;2*3H,1-2H2;/q5*-1;. The van der Waals surface area contributed by atoms with Crippen molar-refractivity contribution < 1.29 is 26.2 Å². The van der Waals surface area contributed by atoms with E-state index in [1.165, 1.54) is 50.7 Å². The van der Waals surface area contributed by atoms with Gasteiger partial charge in [0.1, 0.15) is 0 Å². The molecule has 0 aromatic rings. The van der Waals surface area contributed by atoms with Gasteiger partial charge < -0.3 is 6.42 Å². The minimum absolute atomic E-state index is 0. The van der Waals surface area contributed by atoms with Crippen LogP contribution < -0.4 is 0 Å². The molecule has 0 radical (unpaired) electrons. The third-order valence-corrected chi connectivity index (χ3v) is 4.42. The molecule has 4 aliphatic rings. The van der Waals surface area contributed by atoms with E-state index in [-0.39, 0.29) is 26.2 Å². The average Bonchev–Trinajstić information content (AvgIpc) is 3.33. The van der Waals surface area contributed by atoms with Gasteiger partial charge >= 0.3 is 0 Å². The van der Waals surface area contributed by atoms with Gasteiger partial charge in [0.25, 0.3) is 0 Å². The molecule has 156 valence electrons. The SMILES string of the molecule is C1=CCC2CC[CH-]C2=C1.C1=CCC2CC[CH-]C2=C1.C=C[CH2-].C=C[CH2-].C[CH-]C.[Zr].